The van der Waals surface area contributed by atoms with Crippen LogP contribution in [0.1, 0.15) is 24.5 Å². The van der Waals surface area contributed by atoms with Gasteiger partial charge in [-0.3, -0.25) is 0 Å². The monoisotopic (exact) mass is 558 g/mol. The summed E-state index contributed by atoms with van der Waals surface area (Å²) in [7, 11) is 0. The van der Waals surface area contributed by atoms with E-state index in [9.17, 15) is 4.79 Å². The number of hydrogen-bond donors (Lipinski definition) is 0. The molecule has 34 heavy (non-hydrogen) atoms. The van der Waals surface area contributed by atoms with Gasteiger partial charge in [-0.05, 0) is 0 Å². The predicted octanol–water partition coefficient (Wildman–Crippen LogP) is 7.31. The van der Waals surface area contributed by atoms with Crippen LogP contribution in [-0.4, -0.2) is 26.7 Å². The van der Waals surface area contributed by atoms with E-state index in [-0.39, 0.29) is 0 Å². The summed E-state index contributed by atoms with van der Waals surface area (Å²) in [5.41, 5.74) is 5.13. The van der Waals surface area contributed by atoms with Crippen LogP contribution in [0.5, 0.6) is 0 Å². The molecule has 168 valence electrons. The van der Waals surface area contributed by atoms with Crippen LogP contribution in [0, 0.1) is 6.92 Å². The number of hydrogen-bond acceptors (Lipinski definition) is 1. The van der Waals surface area contributed by atoms with Crippen LogP contribution in [0.25, 0.3) is 32.7 Å². The maximum absolute atomic E-state index is 12.8. The molecule has 0 saturated carbocycles. The number of ketones is 1. The third-order valence-corrected chi connectivity index (χ3v) is 9.69. The number of aryl methyl sites for hydroxylation is 1. The summed E-state index contributed by atoms with van der Waals surface area (Å²) in [5.74, 6) is 0.340. The second kappa shape index (κ2) is 10.1. The Morgan fingerprint density at radius 2 is 1.29 bits per heavy atom. The molecule has 0 unspecified atom stereocenters. The van der Waals surface area contributed by atoms with E-state index in [0.717, 1.165) is 5.56 Å². The fourth-order valence-electron chi connectivity index (χ4n) is 4.79. The Morgan fingerprint density at radius 1 is 0.706 bits per heavy atom. The van der Waals surface area contributed by atoms with Gasteiger partial charge in [-0.1, -0.05) is 0 Å². The normalized spacial score (nSPS) is 12.2. The molecule has 0 aliphatic heterocycles. The quantitative estimate of drug-likeness (QED) is 0.192. The molecule has 1 nitrogen and oxygen atoms in total. The number of Topliss-reactive ketones (excluding diaryl/α,β-unsaturated/α-hetero) is 1. The van der Waals surface area contributed by atoms with Gasteiger partial charge < -0.3 is 0 Å². The minimum absolute atomic E-state index is 0.340. The number of rotatable bonds is 7. The Morgan fingerprint density at radius 3 is 2.00 bits per heavy atom. The number of carbonyl (C=O) groups is 1. The van der Waals surface area contributed by atoms with E-state index >= 15 is 0 Å². The molecule has 0 heterocycles. The van der Waals surface area contributed by atoms with Crippen molar-refractivity contribution in [2.24, 2.45) is 0 Å². The number of fused-ring (bicyclic) bond motifs is 2. The molecule has 0 amide bonds. The zero-order valence-corrected chi connectivity index (χ0v) is 22.0. The van der Waals surface area contributed by atoms with E-state index in [0.29, 0.717) is 22.6 Å². The van der Waals surface area contributed by atoms with Gasteiger partial charge in [0.25, 0.3) is 0 Å². The Hall–Kier alpha value is -2.92. The van der Waals surface area contributed by atoms with Crippen LogP contribution in [0.15, 0.2) is 103 Å². The first-order valence-corrected chi connectivity index (χ1v) is 14.3. The van der Waals surface area contributed by atoms with Gasteiger partial charge in [0.15, 0.2) is 0 Å². The summed E-state index contributed by atoms with van der Waals surface area (Å²) in [6, 6.07) is 36.6. The van der Waals surface area contributed by atoms with E-state index in [2.05, 4.69) is 86.6 Å². The topological polar surface area (TPSA) is 17.1 Å². The van der Waals surface area contributed by atoms with Gasteiger partial charge in [0.05, 0.1) is 0 Å². The second-order valence-electron chi connectivity index (χ2n) is 8.97. The number of carbonyl (C=O) groups excluding carboxylic acids is 1. The van der Waals surface area contributed by atoms with E-state index in [1.54, 1.807) is 0 Å². The van der Waals surface area contributed by atoms with Crippen molar-refractivity contribution >= 4 is 51.9 Å². The zero-order chi connectivity index (χ0) is 23.5. The first-order chi connectivity index (χ1) is 16.6. The summed E-state index contributed by atoms with van der Waals surface area (Å²) >= 11 is -0.583. The van der Waals surface area contributed by atoms with Crippen molar-refractivity contribution in [3.05, 3.63) is 114 Å². The van der Waals surface area contributed by atoms with Crippen LogP contribution in [0.4, 0.5) is 0 Å². The molecular weight excluding hydrogens is 528 g/mol. The molecule has 5 aromatic rings. The van der Waals surface area contributed by atoms with Crippen molar-refractivity contribution in [3.8, 4) is 11.1 Å². The van der Waals surface area contributed by atoms with Gasteiger partial charge in [0, 0.05) is 0 Å². The van der Waals surface area contributed by atoms with Gasteiger partial charge in [0.1, 0.15) is 0 Å². The standard InChI is InChI=1S/C32H28OTe/c1-22-16-17-25-12-6-8-14-28(25)31(22)32-29-15-9-7-13-26(29)18-19-30(32)34-23(2)20-27(33)21-24-10-4-3-5-11-24/h3-19,23H,20-21H2,1-2H3/t23-/m0/s1. The van der Waals surface area contributed by atoms with E-state index in [1.165, 1.54) is 41.8 Å². The van der Waals surface area contributed by atoms with E-state index in [1.807, 2.05) is 30.3 Å². The van der Waals surface area contributed by atoms with Crippen molar-refractivity contribution < 1.29 is 4.79 Å². The molecule has 0 N–H and O–H groups in total. The van der Waals surface area contributed by atoms with Crippen molar-refractivity contribution in [3.63, 3.8) is 0 Å². The van der Waals surface area contributed by atoms with Crippen molar-refractivity contribution in [1.82, 2.24) is 0 Å². The Labute approximate surface area is 211 Å². The molecule has 0 aliphatic rings. The van der Waals surface area contributed by atoms with Crippen LogP contribution in [-0.2, 0) is 11.2 Å². The summed E-state index contributed by atoms with van der Waals surface area (Å²) in [4.78, 5) is 12.8. The molecule has 0 saturated heterocycles. The van der Waals surface area contributed by atoms with Crippen molar-refractivity contribution in [1.29, 1.82) is 0 Å². The molecule has 0 fully saturated rings. The zero-order valence-electron chi connectivity index (χ0n) is 19.6. The maximum atomic E-state index is 12.8. The first-order valence-electron chi connectivity index (χ1n) is 11.8. The molecule has 0 aromatic heterocycles. The molecular formula is C32H28OTe. The molecule has 5 aromatic carbocycles. The fraction of sp³-hybridized carbons (Fsp3) is 0.156. The van der Waals surface area contributed by atoms with Gasteiger partial charge >= 0.3 is 213 Å². The van der Waals surface area contributed by atoms with Crippen LogP contribution >= 0.6 is 0 Å². The summed E-state index contributed by atoms with van der Waals surface area (Å²) in [6.45, 7) is 4.49. The van der Waals surface area contributed by atoms with Crippen LogP contribution in [0.3, 0.4) is 0 Å². The van der Waals surface area contributed by atoms with Gasteiger partial charge in [-0.15, -0.1) is 0 Å². The van der Waals surface area contributed by atoms with Gasteiger partial charge in [-0.2, -0.15) is 0 Å². The van der Waals surface area contributed by atoms with E-state index in [4.69, 9.17) is 0 Å². The Bertz CT molecular complexity index is 1470. The Kier molecular flexibility index (Phi) is 6.82. The van der Waals surface area contributed by atoms with Crippen LogP contribution < -0.4 is 3.61 Å². The fourth-order valence-corrected chi connectivity index (χ4v) is 8.16. The van der Waals surface area contributed by atoms with Crippen LogP contribution in [0.2, 0.25) is 3.97 Å². The Balaban J connectivity index is 1.54. The van der Waals surface area contributed by atoms with Crippen molar-refractivity contribution in [2.75, 3.05) is 0 Å². The predicted molar refractivity (Wildman–Crippen MR) is 146 cm³/mol. The van der Waals surface area contributed by atoms with Crippen molar-refractivity contribution in [2.45, 2.75) is 30.7 Å². The van der Waals surface area contributed by atoms with E-state index < -0.39 is 20.9 Å². The molecule has 2 heteroatoms. The first kappa shape index (κ1) is 22.9. The SMILES string of the molecule is Cc1ccc2ccccc2c1-c1c([Te][C@@H](C)CC(=O)Cc2ccccc2)ccc2ccccc12. The molecule has 0 spiro atoms. The second-order valence-corrected chi connectivity index (χ2v) is 13.2. The molecule has 1 atom stereocenters. The third kappa shape index (κ3) is 4.80. The molecule has 0 aliphatic carbocycles. The average Bonchev–Trinajstić information content (AvgIpc) is 2.85. The average molecular weight is 556 g/mol. The summed E-state index contributed by atoms with van der Waals surface area (Å²) in [6.07, 6.45) is 1.18. The summed E-state index contributed by atoms with van der Waals surface area (Å²) in [5, 5.41) is 5.16. The molecule has 5 rings (SSSR count). The summed E-state index contributed by atoms with van der Waals surface area (Å²) < 4.78 is 1.85. The van der Waals surface area contributed by atoms with Gasteiger partial charge in [-0.25, -0.2) is 0 Å². The molecule has 0 bridgehead atoms. The minimum atomic E-state index is -0.583. The number of benzene rings is 5. The van der Waals surface area contributed by atoms with Gasteiger partial charge in [0.2, 0.25) is 0 Å². The molecule has 0 radical (unpaired) electrons. The third-order valence-electron chi connectivity index (χ3n) is 6.37.